The highest BCUT2D eigenvalue weighted by Crippen LogP contribution is 2.42. The van der Waals surface area contributed by atoms with Crippen LogP contribution >= 0.6 is 0 Å². The van der Waals surface area contributed by atoms with Crippen LogP contribution in [-0.4, -0.2) is 11.9 Å². The van der Waals surface area contributed by atoms with Crippen LogP contribution in [-0.2, 0) is 26.3 Å². The van der Waals surface area contributed by atoms with Gasteiger partial charge < -0.3 is 14.5 Å². The Balaban J connectivity index is 1.60. The molecule has 0 unspecified atom stereocenters. The van der Waals surface area contributed by atoms with Crippen molar-refractivity contribution in [2.45, 2.75) is 44.6 Å². The van der Waals surface area contributed by atoms with E-state index >= 15 is 0 Å². The molecule has 31 heavy (non-hydrogen) atoms. The molecule has 1 fully saturated rings. The predicted molar refractivity (Wildman–Crippen MR) is 113 cm³/mol. The van der Waals surface area contributed by atoms with Crippen LogP contribution in [0.25, 0.3) is 11.0 Å². The van der Waals surface area contributed by atoms with Gasteiger partial charge in [-0.15, -0.1) is 0 Å². The summed E-state index contributed by atoms with van der Waals surface area (Å²) >= 11 is 0. The van der Waals surface area contributed by atoms with Crippen LogP contribution in [0.3, 0.4) is 0 Å². The topological polar surface area (TPSA) is 85.6 Å². The fourth-order valence-corrected chi connectivity index (χ4v) is 4.27. The minimum absolute atomic E-state index is 0.0939. The average molecular weight is 423 g/mol. The Labute approximate surface area is 178 Å². The van der Waals surface area contributed by atoms with E-state index in [0.29, 0.717) is 35.1 Å². The third kappa shape index (κ3) is 4.21. The van der Waals surface area contributed by atoms with Crippen molar-refractivity contribution < 1.29 is 23.1 Å². The van der Waals surface area contributed by atoms with Crippen LogP contribution in [0.15, 0.2) is 57.7 Å². The standard InChI is InChI=1S/C24H22FNO5/c1-15(27)26-19-8-9-20-16(12-22(28)31-21(20)13-19)14-30-23(29)24(10-2-3-11-24)17-4-6-18(25)7-5-17/h4-9,12-13H,2-3,10-11,14H2,1H3,(H,26,27). The molecular formula is C24H22FNO5. The van der Waals surface area contributed by atoms with Gasteiger partial charge in [-0.25, -0.2) is 9.18 Å². The number of fused-ring (bicyclic) bond motifs is 1. The summed E-state index contributed by atoms with van der Waals surface area (Å²) in [5.41, 5.74) is 0.668. The van der Waals surface area contributed by atoms with E-state index < -0.39 is 11.0 Å². The number of ether oxygens (including phenoxy) is 1. The zero-order valence-electron chi connectivity index (χ0n) is 17.1. The van der Waals surface area contributed by atoms with Crippen LogP contribution in [0.4, 0.5) is 10.1 Å². The van der Waals surface area contributed by atoms with E-state index in [1.807, 2.05) is 0 Å². The first-order valence-corrected chi connectivity index (χ1v) is 10.1. The third-order valence-electron chi connectivity index (χ3n) is 5.75. The Morgan fingerprint density at radius 2 is 1.81 bits per heavy atom. The monoisotopic (exact) mass is 423 g/mol. The first-order valence-electron chi connectivity index (χ1n) is 10.1. The summed E-state index contributed by atoms with van der Waals surface area (Å²) in [6, 6.07) is 12.2. The van der Waals surface area contributed by atoms with Gasteiger partial charge in [0, 0.05) is 35.7 Å². The molecule has 1 heterocycles. The van der Waals surface area contributed by atoms with Crippen LogP contribution in [0.5, 0.6) is 0 Å². The molecule has 160 valence electrons. The number of carbonyl (C=O) groups is 2. The number of carbonyl (C=O) groups excluding carboxylic acids is 2. The number of nitrogens with one attached hydrogen (secondary N) is 1. The normalized spacial score (nSPS) is 15.0. The molecule has 0 atom stereocenters. The first kappa shape index (κ1) is 20.8. The molecule has 0 aliphatic heterocycles. The largest absolute Gasteiger partial charge is 0.460 e. The number of rotatable bonds is 5. The molecule has 0 bridgehead atoms. The van der Waals surface area contributed by atoms with E-state index in [0.717, 1.165) is 18.4 Å². The number of hydrogen-bond acceptors (Lipinski definition) is 5. The maximum atomic E-state index is 13.4. The minimum Gasteiger partial charge on any atom is -0.460 e. The zero-order valence-corrected chi connectivity index (χ0v) is 17.1. The minimum atomic E-state index is -0.804. The lowest BCUT2D eigenvalue weighted by atomic mass is 9.79. The summed E-state index contributed by atoms with van der Waals surface area (Å²) in [5.74, 6) is -0.978. The summed E-state index contributed by atoms with van der Waals surface area (Å²) in [4.78, 5) is 36.5. The van der Waals surface area contributed by atoms with Gasteiger partial charge >= 0.3 is 11.6 Å². The zero-order chi connectivity index (χ0) is 22.0. The summed E-state index contributed by atoms with van der Waals surface area (Å²) in [6.07, 6.45) is 3.04. The van der Waals surface area contributed by atoms with E-state index in [1.54, 1.807) is 30.3 Å². The highest BCUT2D eigenvalue weighted by atomic mass is 19.1. The van der Waals surface area contributed by atoms with Crippen LogP contribution in [0, 0.1) is 5.82 Å². The Morgan fingerprint density at radius 1 is 1.10 bits per heavy atom. The van der Waals surface area contributed by atoms with Gasteiger partial charge in [0.05, 0.1) is 5.41 Å². The molecule has 4 rings (SSSR count). The van der Waals surface area contributed by atoms with E-state index in [-0.39, 0.29) is 24.3 Å². The van der Waals surface area contributed by atoms with Crippen LogP contribution in [0.1, 0.15) is 43.7 Å². The Bertz CT molecular complexity index is 1190. The quantitative estimate of drug-likeness (QED) is 0.484. The number of halogens is 1. The highest BCUT2D eigenvalue weighted by Gasteiger charge is 2.44. The van der Waals surface area contributed by atoms with Gasteiger partial charge in [0.25, 0.3) is 0 Å². The van der Waals surface area contributed by atoms with E-state index in [9.17, 15) is 18.8 Å². The molecule has 2 aromatic carbocycles. The molecule has 1 aromatic heterocycles. The van der Waals surface area contributed by atoms with Crippen molar-refractivity contribution in [3.8, 4) is 0 Å². The van der Waals surface area contributed by atoms with Gasteiger partial charge in [-0.05, 0) is 42.7 Å². The molecule has 1 aliphatic rings. The van der Waals surface area contributed by atoms with Crippen molar-refractivity contribution in [3.63, 3.8) is 0 Å². The average Bonchev–Trinajstić information content (AvgIpc) is 3.22. The van der Waals surface area contributed by atoms with E-state index in [1.165, 1.54) is 25.1 Å². The van der Waals surface area contributed by atoms with E-state index in [2.05, 4.69) is 5.32 Å². The third-order valence-corrected chi connectivity index (χ3v) is 5.75. The van der Waals surface area contributed by atoms with E-state index in [4.69, 9.17) is 9.15 Å². The highest BCUT2D eigenvalue weighted by molar-refractivity contribution is 5.92. The van der Waals surface area contributed by atoms with Gasteiger partial charge in [0.1, 0.15) is 18.0 Å². The van der Waals surface area contributed by atoms with Crippen LogP contribution in [0.2, 0.25) is 0 Å². The molecule has 1 N–H and O–H groups in total. The Morgan fingerprint density at radius 3 is 2.48 bits per heavy atom. The van der Waals surface area contributed by atoms with Crippen molar-refractivity contribution in [2.75, 3.05) is 5.32 Å². The molecule has 3 aromatic rings. The van der Waals surface area contributed by atoms with Gasteiger partial charge in [0.2, 0.25) is 5.91 Å². The molecule has 1 amide bonds. The summed E-state index contributed by atoms with van der Waals surface area (Å²) in [7, 11) is 0. The predicted octanol–water partition coefficient (Wildman–Crippen LogP) is 4.45. The fraction of sp³-hybridized carbons (Fsp3) is 0.292. The fourth-order valence-electron chi connectivity index (χ4n) is 4.27. The molecule has 0 radical (unpaired) electrons. The SMILES string of the molecule is CC(=O)Nc1ccc2c(COC(=O)C3(c4ccc(F)cc4)CCCC3)cc(=O)oc2c1. The van der Waals surface area contributed by atoms with Gasteiger partial charge in [-0.3, -0.25) is 9.59 Å². The number of hydrogen-bond donors (Lipinski definition) is 1. The lowest BCUT2D eigenvalue weighted by molar-refractivity contribution is -0.152. The van der Waals surface area contributed by atoms with Crippen LogP contribution < -0.4 is 10.9 Å². The van der Waals surface area contributed by atoms with Gasteiger partial charge in [-0.1, -0.05) is 25.0 Å². The second-order valence-electron chi connectivity index (χ2n) is 7.86. The van der Waals surface area contributed by atoms with Crippen molar-refractivity contribution in [2.24, 2.45) is 0 Å². The summed E-state index contributed by atoms with van der Waals surface area (Å²) < 4.78 is 24.3. The number of benzene rings is 2. The molecular weight excluding hydrogens is 401 g/mol. The molecule has 0 spiro atoms. The number of anilines is 1. The maximum Gasteiger partial charge on any atom is 0.336 e. The maximum absolute atomic E-state index is 13.4. The Hall–Kier alpha value is -3.48. The van der Waals surface area contributed by atoms with Gasteiger partial charge in [0.15, 0.2) is 0 Å². The second-order valence-corrected chi connectivity index (χ2v) is 7.86. The molecule has 0 saturated heterocycles. The summed E-state index contributed by atoms with van der Waals surface area (Å²) in [6.45, 7) is 1.29. The van der Waals surface area contributed by atoms with Crippen molar-refractivity contribution in [1.29, 1.82) is 0 Å². The molecule has 7 heteroatoms. The first-order chi connectivity index (χ1) is 14.9. The molecule has 1 saturated carbocycles. The molecule has 1 aliphatic carbocycles. The van der Waals surface area contributed by atoms with Crippen molar-refractivity contribution >= 4 is 28.5 Å². The summed E-state index contributed by atoms with van der Waals surface area (Å²) in [5, 5.41) is 3.25. The van der Waals surface area contributed by atoms with Crippen molar-refractivity contribution in [3.05, 3.63) is 75.9 Å². The Kier molecular flexibility index (Phi) is 5.59. The lowest BCUT2D eigenvalue weighted by Gasteiger charge is -2.27. The number of esters is 1. The second kappa shape index (κ2) is 8.34. The smallest absolute Gasteiger partial charge is 0.336 e. The number of amides is 1. The molecule has 6 nitrogen and oxygen atoms in total. The van der Waals surface area contributed by atoms with Crippen molar-refractivity contribution in [1.82, 2.24) is 0 Å². The van der Waals surface area contributed by atoms with Gasteiger partial charge in [-0.2, -0.15) is 0 Å². The lowest BCUT2D eigenvalue weighted by Crippen LogP contribution is -2.34.